The molecule has 1 heterocycles. The maximum Gasteiger partial charge on any atom is 0.243 e. The number of hydrogen-bond donors (Lipinski definition) is 1. The van der Waals surface area contributed by atoms with Gasteiger partial charge in [0.1, 0.15) is 12.4 Å². The van der Waals surface area contributed by atoms with Gasteiger partial charge in [-0.25, -0.2) is 4.98 Å². The quantitative estimate of drug-likeness (QED) is 0.502. The molecule has 0 aliphatic heterocycles. The maximum absolute atomic E-state index is 13.7. The van der Waals surface area contributed by atoms with Crippen molar-refractivity contribution in [2.75, 3.05) is 6.54 Å². The first-order chi connectivity index (χ1) is 16.2. The van der Waals surface area contributed by atoms with E-state index in [1.807, 2.05) is 47.0 Å². The number of nitrogens with one attached hydrogen (secondary N) is 1. The van der Waals surface area contributed by atoms with Gasteiger partial charge in [-0.1, -0.05) is 68.3 Å². The van der Waals surface area contributed by atoms with Crippen molar-refractivity contribution in [2.45, 2.75) is 57.7 Å². The van der Waals surface area contributed by atoms with Gasteiger partial charge in [0.2, 0.25) is 11.8 Å². The van der Waals surface area contributed by atoms with Crippen LogP contribution in [-0.4, -0.2) is 38.9 Å². The van der Waals surface area contributed by atoms with Gasteiger partial charge in [0.05, 0.1) is 11.0 Å². The van der Waals surface area contributed by atoms with Crippen molar-refractivity contribution in [1.82, 2.24) is 19.8 Å². The zero-order chi connectivity index (χ0) is 23.0. The number of amides is 2. The Morgan fingerprint density at radius 1 is 1.06 bits per heavy atom. The fraction of sp³-hybridized carbons (Fsp3) is 0.370. The Balaban J connectivity index is 1.58. The second-order valence-corrected chi connectivity index (χ2v) is 8.65. The van der Waals surface area contributed by atoms with Crippen LogP contribution in [0.1, 0.15) is 43.5 Å². The average molecular weight is 445 g/mol. The van der Waals surface area contributed by atoms with Gasteiger partial charge in [0.15, 0.2) is 0 Å². The number of benzene rings is 2. The van der Waals surface area contributed by atoms with Crippen LogP contribution in [0.3, 0.4) is 0 Å². The molecule has 1 aliphatic carbocycles. The fourth-order valence-corrected chi connectivity index (χ4v) is 4.68. The van der Waals surface area contributed by atoms with E-state index in [9.17, 15) is 9.59 Å². The van der Waals surface area contributed by atoms with Crippen LogP contribution >= 0.6 is 0 Å². The van der Waals surface area contributed by atoms with Crippen LogP contribution < -0.4 is 5.32 Å². The van der Waals surface area contributed by atoms with Gasteiger partial charge in [0.25, 0.3) is 0 Å². The van der Waals surface area contributed by atoms with Gasteiger partial charge in [-0.3, -0.25) is 9.59 Å². The lowest BCUT2D eigenvalue weighted by molar-refractivity contribution is -0.135. The summed E-state index contributed by atoms with van der Waals surface area (Å²) in [5.74, 6) is 0.711. The highest BCUT2D eigenvalue weighted by Crippen LogP contribution is 2.25. The number of hydrogen-bond acceptors (Lipinski definition) is 3. The van der Waals surface area contributed by atoms with Gasteiger partial charge in [-0.05, 0) is 36.6 Å². The van der Waals surface area contributed by atoms with E-state index in [0.717, 1.165) is 35.3 Å². The molecule has 2 amide bonds. The zero-order valence-electron chi connectivity index (χ0n) is 19.1. The third kappa shape index (κ3) is 5.69. The molecule has 4 rings (SSSR count). The van der Waals surface area contributed by atoms with Gasteiger partial charge < -0.3 is 14.8 Å². The number of imidazole rings is 1. The molecule has 6 nitrogen and oxygen atoms in total. The topological polar surface area (TPSA) is 67.2 Å². The van der Waals surface area contributed by atoms with E-state index in [1.165, 1.54) is 25.3 Å². The molecule has 0 saturated heterocycles. The Kier molecular flexibility index (Phi) is 7.55. The highest BCUT2D eigenvalue weighted by Gasteiger charge is 2.26. The predicted molar refractivity (Wildman–Crippen MR) is 131 cm³/mol. The molecule has 0 radical (unpaired) electrons. The first-order valence-corrected chi connectivity index (χ1v) is 11.8. The molecule has 1 N–H and O–H groups in total. The lowest BCUT2D eigenvalue weighted by atomic mass is 9.93. The second-order valence-electron chi connectivity index (χ2n) is 8.65. The Morgan fingerprint density at radius 3 is 2.55 bits per heavy atom. The Morgan fingerprint density at radius 2 is 1.79 bits per heavy atom. The molecule has 1 aromatic heterocycles. The minimum absolute atomic E-state index is 0.116. The largest absolute Gasteiger partial charge is 0.352 e. The molecule has 1 aliphatic rings. The summed E-state index contributed by atoms with van der Waals surface area (Å²) in [6.07, 6.45) is 7.52. The Hall–Kier alpha value is -3.41. The smallest absolute Gasteiger partial charge is 0.243 e. The predicted octanol–water partition coefficient (Wildman–Crippen LogP) is 4.24. The minimum Gasteiger partial charge on any atom is -0.352 e. The van der Waals surface area contributed by atoms with Crippen LogP contribution in [0.15, 0.2) is 67.3 Å². The Bertz CT molecular complexity index is 1100. The fourth-order valence-electron chi connectivity index (χ4n) is 4.68. The molecule has 0 unspecified atom stereocenters. The highest BCUT2D eigenvalue weighted by molar-refractivity contribution is 5.86. The van der Waals surface area contributed by atoms with Crippen molar-refractivity contribution < 1.29 is 9.59 Å². The molecular formula is C27H32N4O2. The summed E-state index contributed by atoms with van der Waals surface area (Å²) in [5.41, 5.74) is 2.96. The number of nitrogens with zero attached hydrogens (tertiary/aromatic N) is 3. The van der Waals surface area contributed by atoms with Crippen molar-refractivity contribution in [3.63, 3.8) is 0 Å². The molecule has 3 aromatic rings. The van der Waals surface area contributed by atoms with Gasteiger partial charge >= 0.3 is 0 Å². The van der Waals surface area contributed by atoms with Crippen LogP contribution in [0.2, 0.25) is 0 Å². The first kappa shape index (κ1) is 22.8. The average Bonchev–Trinajstić information content (AvgIpc) is 3.20. The van der Waals surface area contributed by atoms with E-state index in [-0.39, 0.29) is 24.4 Å². The number of aromatic nitrogens is 2. The molecule has 33 heavy (non-hydrogen) atoms. The number of para-hydroxylation sites is 2. The molecule has 1 fully saturated rings. The normalized spacial score (nSPS) is 14.2. The third-order valence-electron chi connectivity index (χ3n) is 6.39. The van der Waals surface area contributed by atoms with E-state index >= 15 is 0 Å². The van der Waals surface area contributed by atoms with Gasteiger partial charge in [0, 0.05) is 25.6 Å². The molecular weight excluding hydrogens is 412 g/mol. The number of fused-ring (bicyclic) bond motifs is 1. The summed E-state index contributed by atoms with van der Waals surface area (Å²) in [5, 5.41) is 2.81. The van der Waals surface area contributed by atoms with E-state index < -0.39 is 0 Å². The molecule has 172 valence electrons. The number of carbonyl (C=O) groups is 2. The van der Waals surface area contributed by atoms with Gasteiger partial charge in [-0.2, -0.15) is 0 Å². The van der Waals surface area contributed by atoms with Crippen molar-refractivity contribution in [1.29, 1.82) is 0 Å². The van der Waals surface area contributed by atoms with E-state index in [4.69, 9.17) is 4.98 Å². The monoisotopic (exact) mass is 444 g/mol. The summed E-state index contributed by atoms with van der Waals surface area (Å²) < 4.78 is 2.01. The van der Waals surface area contributed by atoms with Crippen LogP contribution in [0.25, 0.3) is 11.0 Å². The standard InChI is InChI=1S/C27H32N4O2/c1-2-26(32)28-18-17-25-29-23-15-9-10-16-24(23)31(25)20-27(33)30(22-13-7-4-8-14-22)19-21-11-5-3-6-12-21/h2-3,5-6,9-12,15-16,22H,1,4,7-8,13-14,17-20H2,(H,28,32). The summed E-state index contributed by atoms with van der Waals surface area (Å²) in [7, 11) is 0. The van der Waals surface area contributed by atoms with Crippen molar-refractivity contribution in [3.8, 4) is 0 Å². The van der Waals surface area contributed by atoms with E-state index in [1.54, 1.807) is 0 Å². The van der Waals surface area contributed by atoms with Crippen molar-refractivity contribution in [2.24, 2.45) is 0 Å². The maximum atomic E-state index is 13.7. The van der Waals surface area contributed by atoms with E-state index in [2.05, 4.69) is 28.9 Å². The Labute approximate surface area is 195 Å². The first-order valence-electron chi connectivity index (χ1n) is 11.8. The van der Waals surface area contributed by atoms with Crippen LogP contribution in [-0.2, 0) is 29.1 Å². The van der Waals surface area contributed by atoms with Gasteiger partial charge in [-0.15, -0.1) is 0 Å². The molecule has 2 aromatic carbocycles. The molecule has 6 heteroatoms. The zero-order valence-corrected chi connectivity index (χ0v) is 19.1. The summed E-state index contributed by atoms with van der Waals surface area (Å²) in [4.78, 5) is 32.1. The summed E-state index contributed by atoms with van der Waals surface area (Å²) in [6, 6.07) is 18.4. The lowest BCUT2D eigenvalue weighted by Gasteiger charge is -2.35. The third-order valence-corrected chi connectivity index (χ3v) is 6.39. The van der Waals surface area contributed by atoms with Crippen molar-refractivity contribution >= 4 is 22.8 Å². The SMILES string of the molecule is C=CC(=O)NCCc1nc2ccccc2n1CC(=O)N(Cc1ccccc1)C1CCCCC1. The van der Waals surface area contributed by atoms with Crippen LogP contribution in [0, 0.1) is 0 Å². The van der Waals surface area contributed by atoms with E-state index in [0.29, 0.717) is 19.5 Å². The number of rotatable bonds is 9. The van der Waals surface area contributed by atoms with Crippen LogP contribution in [0.5, 0.6) is 0 Å². The molecule has 0 bridgehead atoms. The highest BCUT2D eigenvalue weighted by atomic mass is 16.2. The van der Waals surface area contributed by atoms with Crippen molar-refractivity contribution in [3.05, 3.63) is 78.6 Å². The second kappa shape index (κ2) is 10.9. The molecule has 0 atom stereocenters. The summed E-state index contributed by atoms with van der Waals surface area (Å²) >= 11 is 0. The molecule has 1 saturated carbocycles. The lowest BCUT2D eigenvalue weighted by Crippen LogP contribution is -2.42. The minimum atomic E-state index is -0.208. The summed E-state index contributed by atoms with van der Waals surface area (Å²) in [6.45, 7) is 4.81. The van der Waals surface area contributed by atoms with Crippen LogP contribution in [0.4, 0.5) is 0 Å². The molecule has 0 spiro atoms. The number of carbonyl (C=O) groups excluding carboxylic acids is 2.